The van der Waals surface area contributed by atoms with Gasteiger partial charge in [0.25, 0.3) is 0 Å². The molecule has 0 saturated carbocycles. The smallest absolute Gasteiger partial charge is 0.246 e. The summed E-state index contributed by atoms with van der Waals surface area (Å²) in [5, 5.41) is 6.00. The molecule has 21 heavy (non-hydrogen) atoms. The lowest BCUT2D eigenvalue weighted by atomic mass is 10.2. The van der Waals surface area contributed by atoms with Gasteiger partial charge in [0.15, 0.2) is 11.5 Å². The molecule has 0 bridgehead atoms. The second-order valence-corrected chi connectivity index (χ2v) is 4.79. The summed E-state index contributed by atoms with van der Waals surface area (Å²) in [6.07, 6.45) is 0. The van der Waals surface area contributed by atoms with Gasteiger partial charge < -0.3 is 20.1 Å². The van der Waals surface area contributed by atoms with Crippen molar-refractivity contribution < 1.29 is 14.3 Å². The van der Waals surface area contributed by atoms with Gasteiger partial charge in [0, 0.05) is 17.4 Å². The van der Waals surface area contributed by atoms with Crippen LogP contribution in [0.15, 0.2) is 48.5 Å². The van der Waals surface area contributed by atoms with E-state index in [1.807, 2.05) is 55.5 Å². The molecule has 1 aliphatic rings. The van der Waals surface area contributed by atoms with Crippen molar-refractivity contribution in [2.24, 2.45) is 0 Å². The van der Waals surface area contributed by atoms with Gasteiger partial charge in [-0.3, -0.25) is 4.79 Å². The molecule has 1 amide bonds. The lowest BCUT2D eigenvalue weighted by Crippen LogP contribution is -2.31. The maximum atomic E-state index is 12.1. The van der Waals surface area contributed by atoms with Gasteiger partial charge in [-0.15, -0.1) is 0 Å². The third-order valence-electron chi connectivity index (χ3n) is 3.19. The summed E-state index contributed by atoms with van der Waals surface area (Å²) in [5.74, 6) is 1.32. The molecule has 0 spiro atoms. The predicted octanol–water partition coefficient (Wildman–Crippen LogP) is 2.85. The lowest BCUT2D eigenvalue weighted by molar-refractivity contribution is -0.116. The SMILES string of the molecule is C[C@H](Nc1ccc2c(c1)OCO2)C(=O)Nc1ccccc1. The Morgan fingerprint density at radius 3 is 2.62 bits per heavy atom. The monoisotopic (exact) mass is 284 g/mol. The minimum absolute atomic E-state index is 0.0983. The van der Waals surface area contributed by atoms with E-state index < -0.39 is 0 Å². The van der Waals surface area contributed by atoms with Gasteiger partial charge in [-0.2, -0.15) is 0 Å². The number of anilines is 2. The minimum atomic E-state index is -0.370. The predicted molar refractivity (Wildman–Crippen MR) is 80.7 cm³/mol. The molecule has 1 atom stereocenters. The zero-order valence-corrected chi connectivity index (χ0v) is 11.6. The van der Waals surface area contributed by atoms with Crippen molar-refractivity contribution in [3.8, 4) is 11.5 Å². The highest BCUT2D eigenvalue weighted by molar-refractivity contribution is 5.96. The first-order chi connectivity index (χ1) is 10.2. The van der Waals surface area contributed by atoms with Gasteiger partial charge in [0.1, 0.15) is 6.04 Å². The van der Waals surface area contributed by atoms with Gasteiger partial charge in [0.05, 0.1) is 0 Å². The minimum Gasteiger partial charge on any atom is -0.454 e. The highest BCUT2D eigenvalue weighted by atomic mass is 16.7. The highest BCUT2D eigenvalue weighted by Gasteiger charge is 2.16. The molecule has 1 heterocycles. The van der Waals surface area contributed by atoms with Crippen molar-refractivity contribution in [3.63, 3.8) is 0 Å². The average Bonchev–Trinajstić information content (AvgIpc) is 2.95. The van der Waals surface area contributed by atoms with Crippen LogP contribution in [0.3, 0.4) is 0 Å². The maximum Gasteiger partial charge on any atom is 0.246 e. The number of carbonyl (C=O) groups is 1. The summed E-state index contributed by atoms with van der Waals surface area (Å²) < 4.78 is 10.6. The Balaban J connectivity index is 1.63. The Bertz CT molecular complexity index is 643. The second kappa shape index (κ2) is 5.75. The highest BCUT2D eigenvalue weighted by Crippen LogP contribution is 2.34. The fourth-order valence-corrected chi connectivity index (χ4v) is 2.07. The summed E-state index contributed by atoms with van der Waals surface area (Å²) in [6, 6.07) is 14.5. The van der Waals surface area contributed by atoms with Crippen molar-refractivity contribution in [3.05, 3.63) is 48.5 Å². The molecule has 2 aromatic carbocycles. The molecule has 1 aliphatic heterocycles. The number of hydrogen-bond acceptors (Lipinski definition) is 4. The van der Waals surface area contributed by atoms with E-state index in [1.54, 1.807) is 0 Å². The average molecular weight is 284 g/mol. The Hall–Kier alpha value is -2.69. The number of nitrogens with one attached hydrogen (secondary N) is 2. The molecule has 0 fully saturated rings. The first kappa shape index (κ1) is 13.3. The molecule has 0 unspecified atom stereocenters. The van der Waals surface area contributed by atoms with Gasteiger partial charge in [0.2, 0.25) is 12.7 Å². The van der Waals surface area contributed by atoms with E-state index in [0.29, 0.717) is 5.75 Å². The first-order valence-electron chi connectivity index (χ1n) is 6.74. The molecule has 2 N–H and O–H groups in total. The molecule has 0 saturated heterocycles. The van der Waals surface area contributed by atoms with Crippen LogP contribution in [0.2, 0.25) is 0 Å². The zero-order valence-electron chi connectivity index (χ0n) is 11.6. The molecule has 108 valence electrons. The summed E-state index contributed by atoms with van der Waals surface area (Å²) in [4.78, 5) is 12.1. The molecule has 0 radical (unpaired) electrons. The normalized spacial score (nSPS) is 13.6. The van der Waals surface area contributed by atoms with Crippen LogP contribution in [0, 0.1) is 0 Å². The molecule has 2 aromatic rings. The number of amides is 1. The number of ether oxygens (including phenoxy) is 2. The van der Waals surface area contributed by atoms with Gasteiger partial charge in [-0.05, 0) is 31.2 Å². The van der Waals surface area contributed by atoms with E-state index in [4.69, 9.17) is 9.47 Å². The molecule has 5 heteroatoms. The fraction of sp³-hybridized carbons (Fsp3) is 0.188. The number of rotatable bonds is 4. The summed E-state index contributed by atoms with van der Waals surface area (Å²) in [6.45, 7) is 2.05. The molecule has 3 rings (SSSR count). The summed E-state index contributed by atoms with van der Waals surface area (Å²) >= 11 is 0. The maximum absolute atomic E-state index is 12.1. The largest absolute Gasteiger partial charge is 0.454 e. The van der Waals surface area contributed by atoms with E-state index in [1.165, 1.54) is 0 Å². The number of fused-ring (bicyclic) bond motifs is 1. The number of benzene rings is 2. The van der Waals surface area contributed by atoms with Crippen LogP contribution in [0.1, 0.15) is 6.92 Å². The van der Waals surface area contributed by atoms with Crippen LogP contribution in [0.5, 0.6) is 11.5 Å². The van der Waals surface area contributed by atoms with Gasteiger partial charge in [-0.25, -0.2) is 0 Å². The molecular weight excluding hydrogens is 268 g/mol. The zero-order chi connectivity index (χ0) is 14.7. The Morgan fingerprint density at radius 2 is 1.81 bits per heavy atom. The van der Waals surface area contributed by atoms with Crippen LogP contribution in [-0.4, -0.2) is 18.7 Å². The fourth-order valence-electron chi connectivity index (χ4n) is 2.07. The van der Waals surface area contributed by atoms with Crippen LogP contribution in [-0.2, 0) is 4.79 Å². The van der Waals surface area contributed by atoms with Crippen LogP contribution < -0.4 is 20.1 Å². The first-order valence-corrected chi connectivity index (χ1v) is 6.74. The standard InChI is InChI=1S/C16H16N2O3/c1-11(16(19)18-12-5-3-2-4-6-12)17-13-7-8-14-15(9-13)21-10-20-14/h2-9,11,17H,10H2,1H3,(H,18,19)/t11-/m0/s1. The number of hydrogen-bond donors (Lipinski definition) is 2. The Labute approximate surface area is 122 Å². The Kier molecular flexibility index (Phi) is 3.64. The van der Waals surface area contributed by atoms with Crippen molar-refractivity contribution in [2.45, 2.75) is 13.0 Å². The van der Waals surface area contributed by atoms with Crippen molar-refractivity contribution in [1.29, 1.82) is 0 Å². The lowest BCUT2D eigenvalue weighted by Gasteiger charge is -2.15. The number of carbonyl (C=O) groups excluding carboxylic acids is 1. The molecule has 0 aliphatic carbocycles. The number of para-hydroxylation sites is 1. The van der Waals surface area contributed by atoms with Crippen molar-refractivity contribution >= 4 is 17.3 Å². The van der Waals surface area contributed by atoms with Crippen LogP contribution in [0.4, 0.5) is 11.4 Å². The molecule has 5 nitrogen and oxygen atoms in total. The van der Waals surface area contributed by atoms with E-state index >= 15 is 0 Å². The third kappa shape index (κ3) is 3.08. The molecule has 0 aromatic heterocycles. The van der Waals surface area contributed by atoms with Crippen molar-refractivity contribution in [2.75, 3.05) is 17.4 Å². The quantitative estimate of drug-likeness (QED) is 0.906. The van der Waals surface area contributed by atoms with E-state index in [0.717, 1.165) is 17.1 Å². The molecular formula is C16H16N2O3. The van der Waals surface area contributed by atoms with E-state index in [9.17, 15) is 4.79 Å². The second-order valence-electron chi connectivity index (χ2n) is 4.79. The summed E-state index contributed by atoms with van der Waals surface area (Å²) in [7, 11) is 0. The van der Waals surface area contributed by atoms with Crippen LogP contribution >= 0.6 is 0 Å². The third-order valence-corrected chi connectivity index (χ3v) is 3.19. The van der Waals surface area contributed by atoms with Gasteiger partial charge >= 0.3 is 0 Å². The van der Waals surface area contributed by atoms with Crippen molar-refractivity contribution in [1.82, 2.24) is 0 Å². The van der Waals surface area contributed by atoms with E-state index in [2.05, 4.69) is 10.6 Å². The van der Waals surface area contributed by atoms with Gasteiger partial charge in [-0.1, -0.05) is 18.2 Å². The summed E-state index contributed by atoms with van der Waals surface area (Å²) in [5.41, 5.74) is 1.59. The topological polar surface area (TPSA) is 59.6 Å². The van der Waals surface area contributed by atoms with E-state index in [-0.39, 0.29) is 18.7 Å². The van der Waals surface area contributed by atoms with Crippen LogP contribution in [0.25, 0.3) is 0 Å². The Morgan fingerprint density at radius 1 is 1.05 bits per heavy atom.